The molecule has 0 N–H and O–H groups in total. The summed E-state index contributed by atoms with van der Waals surface area (Å²) in [6.45, 7) is 6.08. The highest BCUT2D eigenvalue weighted by molar-refractivity contribution is 5.78. The third kappa shape index (κ3) is 3.96. The SMILES string of the molecule is CCN(Cc1ccc(OC)cc1)C(=O)CCn1c(=O)n(CC)c2ccccc21. The van der Waals surface area contributed by atoms with Gasteiger partial charge in [-0.1, -0.05) is 24.3 Å². The van der Waals surface area contributed by atoms with Crippen molar-refractivity contribution in [1.29, 1.82) is 0 Å². The third-order valence-electron chi connectivity index (χ3n) is 5.06. The standard InChI is InChI=1S/C22H27N3O3/c1-4-23(16-17-10-12-18(28-3)13-11-17)21(26)14-15-25-20-9-7-6-8-19(20)24(5-2)22(25)27/h6-13H,4-5,14-16H2,1-3H3. The summed E-state index contributed by atoms with van der Waals surface area (Å²) < 4.78 is 8.63. The normalized spacial score (nSPS) is 11.0. The third-order valence-corrected chi connectivity index (χ3v) is 5.06. The predicted octanol–water partition coefficient (Wildman–Crippen LogP) is 3.27. The van der Waals surface area contributed by atoms with E-state index in [9.17, 15) is 9.59 Å². The highest BCUT2D eigenvalue weighted by Crippen LogP contribution is 2.15. The molecule has 0 bridgehead atoms. The fraction of sp³-hybridized carbons (Fsp3) is 0.364. The number of para-hydroxylation sites is 2. The molecule has 0 saturated carbocycles. The molecule has 1 aromatic heterocycles. The Balaban J connectivity index is 1.72. The molecule has 0 atom stereocenters. The van der Waals surface area contributed by atoms with E-state index in [2.05, 4.69) is 0 Å². The van der Waals surface area contributed by atoms with E-state index in [1.54, 1.807) is 16.2 Å². The molecule has 0 saturated heterocycles. The molecule has 6 nitrogen and oxygen atoms in total. The first-order chi connectivity index (χ1) is 13.6. The smallest absolute Gasteiger partial charge is 0.329 e. The Bertz CT molecular complexity index is 1000. The number of hydrogen-bond acceptors (Lipinski definition) is 3. The average Bonchev–Trinajstić information content (AvgIpc) is 3.01. The van der Waals surface area contributed by atoms with Crippen LogP contribution in [-0.4, -0.2) is 33.6 Å². The minimum absolute atomic E-state index is 0.0403. The van der Waals surface area contributed by atoms with Gasteiger partial charge in [-0.15, -0.1) is 0 Å². The number of amides is 1. The monoisotopic (exact) mass is 381 g/mol. The van der Waals surface area contributed by atoms with E-state index in [-0.39, 0.29) is 11.6 Å². The number of ether oxygens (including phenoxy) is 1. The highest BCUT2D eigenvalue weighted by Gasteiger charge is 2.16. The largest absolute Gasteiger partial charge is 0.497 e. The predicted molar refractivity (Wildman–Crippen MR) is 111 cm³/mol. The molecule has 1 heterocycles. The van der Waals surface area contributed by atoms with Gasteiger partial charge in [0.2, 0.25) is 5.91 Å². The van der Waals surface area contributed by atoms with Gasteiger partial charge in [-0.2, -0.15) is 0 Å². The van der Waals surface area contributed by atoms with E-state index < -0.39 is 0 Å². The van der Waals surface area contributed by atoms with Crippen molar-refractivity contribution in [2.75, 3.05) is 13.7 Å². The Kier molecular flexibility index (Phi) is 6.19. The van der Waals surface area contributed by atoms with Crippen LogP contribution >= 0.6 is 0 Å². The van der Waals surface area contributed by atoms with Gasteiger partial charge in [0.25, 0.3) is 0 Å². The molecule has 0 aliphatic heterocycles. The molecule has 2 aromatic carbocycles. The van der Waals surface area contributed by atoms with Crippen LogP contribution in [0.4, 0.5) is 0 Å². The molecule has 0 spiro atoms. The van der Waals surface area contributed by atoms with Crippen molar-refractivity contribution in [2.24, 2.45) is 0 Å². The lowest BCUT2D eigenvalue weighted by atomic mass is 10.2. The number of methoxy groups -OCH3 is 1. The van der Waals surface area contributed by atoms with Gasteiger partial charge in [0, 0.05) is 32.6 Å². The molecule has 0 fully saturated rings. The molecular formula is C22H27N3O3. The van der Waals surface area contributed by atoms with Crippen LogP contribution in [-0.2, 0) is 24.4 Å². The molecule has 0 aliphatic carbocycles. The Labute approximate surface area is 164 Å². The maximum absolute atomic E-state index is 12.8. The van der Waals surface area contributed by atoms with Gasteiger partial charge in [0.1, 0.15) is 5.75 Å². The average molecular weight is 381 g/mol. The zero-order chi connectivity index (χ0) is 20.1. The number of fused-ring (bicyclic) bond motifs is 1. The number of aromatic nitrogens is 2. The molecule has 0 radical (unpaired) electrons. The van der Waals surface area contributed by atoms with E-state index in [1.807, 2.05) is 67.3 Å². The summed E-state index contributed by atoms with van der Waals surface area (Å²) in [7, 11) is 1.63. The summed E-state index contributed by atoms with van der Waals surface area (Å²) in [5, 5.41) is 0. The lowest BCUT2D eigenvalue weighted by Gasteiger charge is -2.21. The van der Waals surface area contributed by atoms with Crippen LogP contribution in [0.15, 0.2) is 53.3 Å². The number of carbonyl (C=O) groups is 1. The van der Waals surface area contributed by atoms with Crippen LogP contribution in [0.3, 0.4) is 0 Å². The van der Waals surface area contributed by atoms with Crippen LogP contribution in [0.1, 0.15) is 25.8 Å². The number of imidazole rings is 1. The van der Waals surface area contributed by atoms with Crippen LogP contribution in [0.2, 0.25) is 0 Å². The number of hydrogen-bond donors (Lipinski definition) is 0. The fourth-order valence-corrected chi connectivity index (χ4v) is 3.49. The first-order valence-corrected chi connectivity index (χ1v) is 9.67. The number of carbonyl (C=O) groups excluding carboxylic acids is 1. The van der Waals surface area contributed by atoms with E-state index in [4.69, 9.17) is 4.74 Å². The van der Waals surface area contributed by atoms with E-state index in [0.717, 1.165) is 22.3 Å². The second-order valence-corrected chi connectivity index (χ2v) is 6.67. The van der Waals surface area contributed by atoms with E-state index in [0.29, 0.717) is 32.6 Å². The molecule has 3 rings (SSSR count). The van der Waals surface area contributed by atoms with Crippen molar-refractivity contribution in [1.82, 2.24) is 14.0 Å². The number of nitrogens with zero attached hydrogens (tertiary/aromatic N) is 3. The molecule has 6 heteroatoms. The summed E-state index contributed by atoms with van der Waals surface area (Å²) >= 11 is 0. The van der Waals surface area contributed by atoms with E-state index >= 15 is 0 Å². The number of rotatable bonds is 8. The van der Waals surface area contributed by atoms with Gasteiger partial charge in [-0.05, 0) is 43.7 Å². The first-order valence-electron chi connectivity index (χ1n) is 9.67. The molecule has 0 aliphatic rings. The number of aryl methyl sites for hydroxylation is 2. The van der Waals surface area contributed by atoms with E-state index in [1.165, 1.54) is 0 Å². The van der Waals surface area contributed by atoms with Crippen molar-refractivity contribution < 1.29 is 9.53 Å². The topological polar surface area (TPSA) is 56.5 Å². The maximum Gasteiger partial charge on any atom is 0.329 e. The Morgan fingerprint density at radius 1 is 1.00 bits per heavy atom. The lowest BCUT2D eigenvalue weighted by molar-refractivity contribution is -0.131. The van der Waals surface area contributed by atoms with Crippen molar-refractivity contribution in [3.63, 3.8) is 0 Å². The minimum atomic E-state index is -0.0605. The van der Waals surface area contributed by atoms with Crippen molar-refractivity contribution in [2.45, 2.75) is 39.9 Å². The van der Waals surface area contributed by atoms with Gasteiger partial charge in [-0.3, -0.25) is 13.9 Å². The van der Waals surface area contributed by atoms with Gasteiger partial charge < -0.3 is 9.64 Å². The Morgan fingerprint density at radius 3 is 2.21 bits per heavy atom. The quantitative estimate of drug-likeness (QED) is 0.602. The zero-order valence-corrected chi connectivity index (χ0v) is 16.7. The van der Waals surface area contributed by atoms with Gasteiger partial charge in [-0.25, -0.2) is 4.79 Å². The fourth-order valence-electron chi connectivity index (χ4n) is 3.49. The molecule has 3 aromatic rings. The molecule has 1 amide bonds. The van der Waals surface area contributed by atoms with Gasteiger partial charge in [0.05, 0.1) is 18.1 Å². The zero-order valence-electron chi connectivity index (χ0n) is 16.7. The lowest BCUT2D eigenvalue weighted by Crippen LogP contribution is -2.32. The second kappa shape index (κ2) is 8.78. The molecular weight excluding hydrogens is 354 g/mol. The van der Waals surface area contributed by atoms with Crippen molar-refractivity contribution in [3.05, 3.63) is 64.6 Å². The summed E-state index contributed by atoms with van der Waals surface area (Å²) in [4.78, 5) is 27.3. The number of benzene rings is 2. The summed E-state index contributed by atoms with van der Waals surface area (Å²) in [5.74, 6) is 0.836. The van der Waals surface area contributed by atoms with Crippen LogP contribution in [0, 0.1) is 0 Å². The first kappa shape index (κ1) is 19.7. The summed E-state index contributed by atoms with van der Waals surface area (Å²) in [5.41, 5.74) is 2.78. The molecule has 0 unspecified atom stereocenters. The Morgan fingerprint density at radius 2 is 1.64 bits per heavy atom. The molecule has 148 valence electrons. The molecule has 28 heavy (non-hydrogen) atoms. The van der Waals surface area contributed by atoms with Crippen LogP contribution in [0.5, 0.6) is 5.75 Å². The van der Waals surface area contributed by atoms with Crippen molar-refractivity contribution in [3.8, 4) is 5.75 Å². The Hall–Kier alpha value is -3.02. The minimum Gasteiger partial charge on any atom is -0.497 e. The highest BCUT2D eigenvalue weighted by atomic mass is 16.5. The van der Waals surface area contributed by atoms with Crippen LogP contribution in [0.25, 0.3) is 11.0 Å². The maximum atomic E-state index is 12.8. The van der Waals surface area contributed by atoms with Gasteiger partial charge >= 0.3 is 5.69 Å². The summed E-state index contributed by atoms with van der Waals surface area (Å²) in [6, 6.07) is 15.4. The van der Waals surface area contributed by atoms with Crippen LogP contribution < -0.4 is 10.4 Å². The van der Waals surface area contributed by atoms with Gasteiger partial charge in [0.15, 0.2) is 0 Å². The second-order valence-electron chi connectivity index (χ2n) is 6.67. The summed E-state index contributed by atoms with van der Waals surface area (Å²) in [6.07, 6.45) is 0.293. The van der Waals surface area contributed by atoms with Crippen molar-refractivity contribution >= 4 is 16.9 Å².